The van der Waals surface area contributed by atoms with E-state index >= 15 is 0 Å². The van der Waals surface area contributed by atoms with E-state index in [1.54, 1.807) is 18.4 Å². The van der Waals surface area contributed by atoms with E-state index in [0.717, 1.165) is 42.7 Å². The van der Waals surface area contributed by atoms with Gasteiger partial charge in [0.2, 0.25) is 0 Å². The average molecular weight is 377 g/mol. The molecule has 0 aliphatic carbocycles. The molecule has 0 saturated carbocycles. The van der Waals surface area contributed by atoms with E-state index in [4.69, 9.17) is 9.47 Å². The number of nitrogens with zero attached hydrogens (tertiary/aromatic N) is 2. The van der Waals surface area contributed by atoms with Gasteiger partial charge in [0.1, 0.15) is 0 Å². The topological polar surface area (TPSA) is 67.8 Å². The zero-order valence-electron chi connectivity index (χ0n) is 16.0. The molecular formula is C19H28N4O2S. The van der Waals surface area contributed by atoms with Crippen LogP contribution in [0.5, 0.6) is 11.5 Å². The number of aromatic nitrogens is 1. The Labute approximate surface area is 159 Å². The predicted molar refractivity (Wildman–Crippen MR) is 108 cm³/mol. The summed E-state index contributed by atoms with van der Waals surface area (Å²) in [4.78, 5) is 9.75. The van der Waals surface area contributed by atoms with Gasteiger partial charge in [0, 0.05) is 18.5 Å². The summed E-state index contributed by atoms with van der Waals surface area (Å²) >= 11 is 1.65. The van der Waals surface area contributed by atoms with Gasteiger partial charge in [0.25, 0.3) is 0 Å². The van der Waals surface area contributed by atoms with Crippen molar-refractivity contribution >= 4 is 17.3 Å². The second kappa shape index (κ2) is 10.7. The maximum absolute atomic E-state index is 5.68. The highest BCUT2D eigenvalue weighted by Gasteiger charge is 2.07. The van der Waals surface area contributed by atoms with E-state index in [-0.39, 0.29) is 0 Å². The molecule has 2 N–H and O–H groups in total. The Morgan fingerprint density at radius 2 is 1.92 bits per heavy atom. The summed E-state index contributed by atoms with van der Waals surface area (Å²) in [6, 6.07) is 6.10. The molecule has 6 nitrogen and oxygen atoms in total. The molecule has 2 aromatic rings. The number of rotatable bonds is 9. The molecule has 0 radical (unpaired) electrons. The third-order valence-electron chi connectivity index (χ3n) is 3.80. The van der Waals surface area contributed by atoms with Crippen LogP contribution < -0.4 is 20.1 Å². The summed E-state index contributed by atoms with van der Waals surface area (Å²) < 4.78 is 11.3. The molecule has 1 heterocycles. The van der Waals surface area contributed by atoms with Gasteiger partial charge in [0.05, 0.1) is 31.0 Å². The number of hydrogen-bond donors (Lipinski definition) is 2. The molecule has 0 saturated heterocycles. The molecule has 1 aromatic heterocycles. The van der Waals surface area contributed by atoms with Crippen molar-refractivity contribution in [3.05, 3.63) is 39.8 Å². The Hall–Kier alpha value is -2.28. The lowest BCUT2D eigenvalue weighted by Gasteiger charge is -2.14. The van der Waals surface area contributed by atoms with E-state index in [0.29, 0.717) is 13.2 Å². The summed E-state index contributed by atoms with van der Waals surface area (Å²) in [7, 11) is 1.78. The van der Waals surface area contributed by atoms with Crippen molar-refractivity contribution in [2.75, 3.05) is 26.8 Å². The maximum atomic E-state index is 5.68. The van der Waals surface area contributed by atoms with Gasteiger partial charge in [-0.15, -0.1) is 11.3 Å². The number of hydrogen-bond acceptors (Lipinski definition) is 5. The molecule has 0 aliphatic heterocycles. The minimum absolute atomic E-state index is 0.620. The molecule has 1 aromatic carbocycles. The van der Waals surface area contributed by atoms with Crippen LogP contribution in [0.3, 0.4) is 0 Å². The van der Waals surface area contributed by atoms with Crippen LogP contribution in [0.4, 0.5) is 0 Å². The smallest absolute Gasteiger partial charge is 0.191 e. The van der Waals surface area contributed by atoms with Crippen LogP contribution in [-0.2, 0) is 13.0 Å². The number of aryl methyl sites for hydroxylation is 1. The van der Waals surface area contributed by atoms with Crippen molar-refractivity contribution in [2.24, 2.45) is 4.99 Å². The van der Waals surface area contributed by atoms with E-state index in [2.05, 4.69) is 26.7 Å². The second-order valence-electron chi connectivity index (χ2n) is 5.61. The predicted octanol–water partition coefficient (Wildman–Crippen LogP) is 3.16. The van der Waals surface area contributed by atoms with Crippen molar-refractivity contribution in [3.63, 3.8) is 0 Å². The monoisotopic (exact) mass is 376 g/mol. The summed E-state index contributed by atoms with van der Waals surface area (Å²) in [6.45, 7) is 8.72. The maximum Gasteiger partial charge on any atom is 0.191 e. The molecule has 0 unspecified atom stereocenters. The van der Waals surface area contributed by atoms with E-state index < -0.39 is 0 Å². The molecular weight excluding hydrogens is 348 g/mol. The summed E-state index contributed by atoms with van der Waals surface area (Å²) in [5.74, 6) is 2.38. The molecule has 0 bridgehead atoms. The average Bonchev–Trinajstić information content (AvgIpc) is 3.05. The van der Waals surface area contributed by atoms with Crippen molar-refractivity contribution in [1.82, 2.24) is 15.6 Å². The van der Waals surface area contributed by atoms with Gasteiger partial charge in [-0.3, -0.25) is 4.99 Å². The normalized spacial score (nSPS) is 11.3. The minimum Gasteiger partial charge on any atom is -0.490 e. The number of nitrogens with one attached hydrogen (secondary N) is 2. The lowest BCUT2D eigenvalue weighted by molar-refractivity contribution is 0.287. The first-order valence-electron chi connectivity index (χ1n) is 8.89. The Morgan fingerprint density at radius 1 is 1.15 bits per heavy atom. The summed E-state index contributed by atoms with van der Waals surface area (Å²) in [5.41, 5.74) is 4.12. The molecule has 26 heavy (non-hydrogen) atoms. The zero-order chi connectivity index (χ0) is 18.8. The Bertz CT molecular complexity index is 715. The number of guanidine groups is 1. The van der Waals surface area contributed by atoms with Crippen molar-refractivity contribution in [1.29, 1.82) is 0 Å². The number of ether oxygens (including phenoxy) is 2. The second-order valence-corrected chi connectivity index (χ2v) is 6.55. The number of aliphatic imine (C=N–C) groups is 1. The highest BCUT2D eigenvalue weighted by atomic mass is 32.1. The van der Waals surface area contributed by atoms with Crippen molar-refractivity contribution < 1.29 is 9.47 Å². The highest BCUT2D eigenvalue weighted by molar-refractivity contribution is 7.09. The standard InChI is InChI=1S/C19H28N4O2S/c1-5-24-16-8-7-15(11-17(16)25-6-2)9-10-21-19(20-4)22-12-18-14(3)23-13-26-18/h7-8,11,13H,5-6,9-10,12H2,1-4H3,(H2,20,21,22). The molecule has 0 spiro atoms. The quantitative estimate of drug-likeness (QED) is 0.520. The minimum atomic E-state index is 0.620. The van der Waals surface area contributed by atoms with Crippen LogP contribution >= 0.6 is 11.3 Å². The summed E-state index contributed by atoms with van der Waals surface area (Å²) in [6.07, 6.45) is 0.868. The first-order valence-corrected chi connectivity index (χ1v) is 9.77. The van der Waals surface area contributed by atoms with Crippen LogP contribution in [0.15, 0.2) is 28.7 Å². The Balaban J connectivity index is 1.85. The fourth-order valence-corrected chi connectivity index (χ4v) is 3.17. The number of benzene rings is 1. The van der Waals surface area contributed by atoms with Gasteiger partial charge in [-0.2, -0.15) is 0 Å². The van der Waals surface area contributed by atoms with E-state index in [9.17, 15) is 0 Å². The Kier molecular flexibility index (Phi) is 8.21. The van der Waals surface area contributed by atoms with Gasteiger partial charge in [-0.05, 0) is 44.9 Å². The Morgan fingerprint density at radius 3 is 2.58 bits per heavy atom. The van der Waals surface area contributed by atoms with Crippen molar-refractivity contribution in [3.8, 4) is 11.5 Å². The fourth-order valence-electron chi connectivity index (χ4n) is 2.46. The van der Waals surface area contributed by atoms with Crippen LogP contribution in [-0.4, -0.2) is 37.7 Å². The molecule has 0 aliphatic rings. The first-order chi connectivity index (χ1) is 12.7. The zero-order valence-corrected chi connectivity index (χ0v) is 16.8. The third kappa shape index (κ3) is 5.91. The molecule has 0 fully saturated rings. The number of thiazole rings is 1. The molecule has 0 amide bonds. The first kappa shape index (κ1) is 20.0. The van der Waals surface area contributed by atoms with Crippen LogP contribution in [0.25, 0.3) is 0 Å². The SMILES string of the molecule is CCOc1ccc(CCNC(=NC)NCc2scnc2C)cc1OCC. The third-order valence-corrected chi connectivity index (χ3v) is 4.73. The highest BCUT2D eigenvalue weighted by Crippen LogP contribution is 2.28. The lowest BCUT2D eigenvalue weighted by atomic mass is 10.1. The fraction of sp³-hybridized carbons (Fsp3) is 0.474. The lowest BCUT2D eigenvalue weighted by Crippen LogP contribution is -2.37. The molecule has 2 rings (SSSR count). The van der Waals surface area contributed by atoms with E-state index in [1.807, 2.05) is 38.4 Å². The molecule has 0 atom stereocenters. The van der Waals surface area contributed by atoms with Gasteiger partial charge in [-0.25, -0.2) is 4.98 Å². The van der Waals surface area contributed by atoms with Gasteiger partial charge in [-0.1, -0.05) is 6.07 Å². The molecule has 7 heteroatoms. The van der Waals surface area contributed by atoms with E-state index in [1.165, 1.54) is 10.4 Å². The van der Waals surface area contributed by atoms with Crippen LogP contribution in [0, 0.1) is 6.92 Å². The largest absolute Gasteiger partial charge is 0.490 e. The summed E-state index contributed by atoms with van der Waals surface area (Å²) in [5, 5.41) is 6.66. The van der Waals surface area contributed by atoms with Crippen LogP contribution in [0.1, 0.15) is 30.0 Å². The van der Waals surface area contributed by atoms with Gasteiger partial charge in [0.15, 0.2) is 17.5 Å². The van der Waals surface area contributed by atoms with Gasteiger partial charge < -0.3 is 20.1 Å². The van der Waals surface area contributed by atoms with Crippen molar-refractivity contribution in [2.45, 2.75) is 33.7 Å². The van der Waals surface area contributed by atoms with Crippen LogP contribution in [0.2, 0.25) is 0 Å². The van der Waals surface area contributed by atoms with Gasteiger partial charge >= 0.3 is 0 Å². The molecule has 142 valence electrons.